The maximum Gasteiger partial charge on any atom is 0.328 e. The summed E-state index contributed by atoms with van der Waals surface area (Å²) in [5.41, 5.74) is 4.53. The molecule has 0 fully saturated rings. The SMILES string of the molecule is c1ccc(Nc2nc(Nc3ccccc3)nc(Oc3cc(Oc4nc(Nc5ccccc5)nc(Nc5ccccc5)n4)cc(Oc4nc(Nc5ccccc5)nc(Nc5ccccc5)n4)c3)n2)cc1. The second kappa shape index (κ2) is 20.7. The summed E-state index contributed by atoms with van der Waals surface area (Å²) in [5, 5.41) is 19.4. The highest BCUT2D eigenvalue weighted by atomic mass is 16.5. The Bertz CT molecular complexity index is 2720. The van der Waals surface area contributed by atoms with Gasteiger partial charge in [0.25, 0.3) is 0 Å². The summed E-state index contributed by atoms with van der Waals surface area (Å²) in [6.45, 7) is 0. The highest BCUT2D eigenvalue weighted by molar-refractivity contribution is 5.61. The normalized spacial score (nSPS) is 10.6. The van der Waals surface area contributed by atoms with Crippen LogP contribution in [-0.2, 0) is 0 Å². The van der Waals surface area contributed by atoms with Crippen LogP contribution in [0.5, 0.6) is 35.3 Å². The Morgan fingerprint density at radius 2 is 0.391 bits per heavy atom. The summed E-state index contributed by atoms with van der Waals surface area (Å²) >= 11 is 0. The van der Waals surface area contributed by atoms with Crippen LogP contribution in [0.15, 0.2) is 200 Å². The first-order valence-corrected chi connectivity index (χ1v) is 21.4. The van der Waals surface area contributed by atoms with Crippen molar-refractivity contribution in [1.29, 1.82) is 0 Å². The Kier molecular flexibility index (Phi) is 12.8. The predicted octanol–water partition coefficient (Wildman–Crippen LogP) is 12.1. The molecule has 3 heterocycles. The fraction of sp³-hybridized carbons (Fsp3) is 0. The molecular weight excluding hydrogens is 871 g/mol. The monoisotopic (exact) mass is 909 g/mol. The average molecular weight is 910 g/mol. The van der Waals surface area contributed by atoms with Crippen LogP contribution >= 0.6 is 0 Å². The van der Waals surface area contributed by atoms with E-state index in [4.69, 9.17) is 14.2 Å². The lowest BCUT2D eigenvalue weighted by Gasteiger charge is -2.14. The zero-order valence-electron chi connectivity index (χ0n) is 36.3. The van der Waals surface area contributed by atoms with E-state index in [0.29, 0.717) is 0 Å². The van der Waals surface area contributed by atoms with Crippen molar-refractivity contribution < 1.29 is 14.2 Å². The van der Waals surface area contributed by atoms with Gasteiger partial charge in [0.05, 0.1) is 0 Å². The predicted molar refractivity (Wildman–Crippen MR) is 264 cm³/mol. The van der Waals surface area contributed by atoms with Gasteiger partial charge in [0, 0.05) is 52.3 Å². The zero-order chi connectivity index (χ0) is 46.5. The van der Waals surface area contributed by atoms with E-state index >= 15 is 0 Å². The van der Waals surface area contributed by atoms with Crippen LogP contribution in [0.3, 0.4) is 0 Å². The van der Waals surface area contributed by atoms with Crippen LogP contribution in [0.4, 0.5) is 69.8 Å². The minimum absolute atomic E-state index is 0.0577. The van der Waals surface area contributed by atoms with E-state index in [0.717, 1.165) is 34.1 Å². The quantitative estimate of drug-likeness (QED) is 0.0472. The summed E-state index contributed by atoms with van der Waals surface area (Å²) < 4.78 is 19.3. The number of nitrogens with one attached hydrogen (secondary N) is 6. The van der Waals surface area contributed by atoms with E-state index in [1.54, 1.807) is 18.2 Å². The van der Waals surface area contributed by atoms with Gasteiger partial charge in [-0.3, -0.25) is 0 Å². The van der Waals surface area contributed by atoms with E-state index in [2.05, 4.69) is 76.8 Å². The van der Waals surface area contributed by atoms with Gasteiger partial charge in [-0.15, -0.1) is 0 Å². The van der Waals surface area contributed by atoms with Crippen molar-refractivity contribution in [2.45, 2.75) is 0 Å². The fourth-order valence-corrected chi connectivity index (χ4v) is 6.48. The van der Waals surface area contributed by atoms with Gasteiger partial charge in [-0.1, -0.05) is 109 Å². The van der Waals surface area contributed by atoms with Crippen LogP contribution < -0.4 is 46.1 Å². The summed E-state index contributed by atoms with van der Waals surface area (Å²) in [4.78, 5) is 41.6. The van der Waals surface area contributed by atoms with Gasteiger partial charge in [-0.05, 0) is 72.8 Å². The Morgan fingerprint density at radius 3 is 0.565 bits per heavy atom. The lowest BCUT2D eigenvalue weighted by Crippen LogP contribution is -2.06. The lowest BCUT2D eigenvalue weighted by atomic mass is 10.3. The lowest BCUT2D eigenvalue weighted by molar-refractivity contribution is 0.404. The first kappa shape index (κ1) is 42.7. The van der Waals surface area contributed by atoms with Crippen LogP contribution in [0.25, 0.3) is 0 Å². The molecule has 336 valence electrons. The summed E-state index contributed by atoms with van der Waals surface area (Å²) in [6.07, 6.45) is 0. The molecule has 7 aromatic carbocycles. The molecule has 0 spiro atoms. The molecule has 3 aromatic heterocycles. The number of anilines is 12. The van der Waals surface area contributed by atoms with Crippen LogP contribution in [0.2, 0.25) is 0 Å². The molecule has 10 rings (SSSR count). The standard InChI is InChI=1S/C51H39N15O3/c1-7-19-34(20-8-1)52-43-58-44(53-35-21-9-2-10-22-35)62-49(61-43)67-40-31-41(68-50-63-45(54-36-23-11-3-12-24-36)59-46(64-50)55-37-25-13-4-14-26-37)33-42(32-40)69-51-65-47(56-38-27-15-5-16-28-38)60-48(66-51)57-39-29-17-6-18-30-39/h1-33H,(H2,52,53,58,61,62)(H2,54,55,59,63,64)(H2,56,57,60,65,66). The number of aromatic nitrogens is 9. The third-order valence-corrected chi connectivity index (χ3v) is 9.51. The summed E-state index contributed by atoms with van der Waals surface area (Å²) in [6, 6.07) is 61.7. The molecule has 6 N–H and O–H groups in total. The van der Waals surface area contributed by atoms with Gasteiger partial charge in [-0.2, -0.15) is 44.9 Å². The van der Waals surface area contributed by atoms with Crippen LogP contribution in [0.1, 0.15) is 0 Å². The number of rotatable bonds is 18. The molecule has 18 heteroatoms. The molecule has 0 atom stereocenters. The third kappa shape index (κ3) is 12.1. The molecule has 10 aromatic rings. The number of para-hydroxylation sites is 6. The smallest absolute Gasteiger partial charge is 0.328 e. The molecule has 69 heavy (non-hydrogen) atoms. The molecule has 0 radical (unpaired) electrons. The van der Waals surface area contributed by atoms with Gasteiger partial charge >= 0.3 is 18.0 Å². The van der Waals surface area contributed by atoms with Crippen molar-refractivity contribution in [2.24, 2.45) is 0 Å². The zero-order valence-corrected chi connectivity index (χ0v) is 36.3. The van der Waals surface area contributed by atoms with Crippen molar-refractivity contribution in [3.63, 3.8) is 0 Å². The number of hydrogen-bond donors (Lipinski definition) is 6. The molecule has 0 aliphatic rings. The third-order valence-electron chi connectivity index (χ3n) is 9.51. The molecule has 0 bridgehead atoms. The molecule has 0 saturated carbocycles. The van der Waals surface area contributed by atoms with Crippen molar-refractivity contribution in [3.8, 4) is 35.3 Å². The van der Waals surface area contributed by atoms with E-state index in [1.165, 1.54) is 0 Å². The van der Waals surface area contributed by atoms with Crippen molar-refractivity contribution >= 4 is 69.8 Å². The van der Waals surface area contributed by atoms with E-state index in [9.17, 15) is 0 Å². The second-order valence-electron chi connectivity index (χ2n) is 14.7. The van der Waals surface area contributed by atoms with Crippen molar-refractivity contribution in [2.75, 3.05) is 31.9 Å². The molecule has 18 nitrogen and oxygen atoms in total. The number of nitrogens with zero attached hydrogens (tertiary/aromatic N) is 9. The number of ether oxygens (including phenoxy) is 3. The Hall–Kier alpha value is -10.2. The first-order chi connectivity index (χ1) is 34.0. The maximum absolute atomic E-state index is 6.44. The number of hydrogen-bond acceptors (Lipinski definition) is 18. The van der Waals surface area contributed by atoms with Gasteiger partial charge in [-0.25, -0.2) is 0 Å². The maximum atomic E-state index is 6.44. The molecule has 0 unspecified atom stereocenters. The Morgan fingerprint density at radius 1 is 0.217 bits per heavy atom. The van der Waals surface area contributed by atoms with E-state index in [-0.39, 0.29) is 71.0 Å². The Balaban J connectivity index is 1.03. The largest absolute Gasteiger partial charge is 0.424 e. The van der Waals surface area contributed by atoms with Crippen LogP contribution in [-0.4, -0.2) is 44.9 Å². The molecule has 0 saturated heterocycles. The Labute approximate surface area is 395 Å². The van der Waals surface area contributed by atoms with E-state index in [1.807, 2.05) is 182 Å². The topological polar surface area (TPSA) is 216 Å². The highest BCUT2D eigenvalue weighted by Gasteiger charge is 2.17. The van der Waals surface area contributed by atoms with Gasteiger partial charge in [0.1, 0.15) is 17.2 Å². The van der Waals surface area contributed by atoms with E-state index < -0.39 is 0 Å². The highest BCUT2D eigenvalue weighted by Crippen LogP contribution is 2.35. The minimum atomic E-state index is -0.0577. The molecular formula is C51H39N15O3. The average Bonchev–Trinajstić information content (AvgIpc) is 3.36. The first-order valence-electron chi connectivity index (χ1n) is 21.4. The fourth-order valence-electron chi connectivity index (χ4n) is 6.48. The number of benzene rings is 7. The van der Waals surface area contributed by atoms with Gasteiger partial charge < -0.3 is 46.1 Å². The van der Waals surface area contributed by atoms with Gasteiger partial charge in [0.2, 0.25) is 35.7 Å². The van der Waals surface area contributed by atoms with Crippen molar-refractivity contribution in [1.82, 2.24) is 44.9 Å². The summed E-state index contributed by atoms with van der Waals surface area (Å²) in [7, 11) is 0. The molecule has 0 amide bonds. The molecule has 0 aliphatic heterocycles. The van der Waals surface area contributed by atoms with Crippen LogP contribution in [0, 0.1) is 0 Å². The minimum Gasteiger partial charge on any atom is -0.424 e. The summed E-state index contributed by atoms with van der Waals surface area (Å²) in [5.74, 6) is 1.91. The van der Waals surface area contributed by atoms with Crippen molar-refractivity contribution in [3.05, 3.63) is 200 Å². The second-order valence-corrected chi connectivity index (χ2v) is 14.7. The molecule has 0 aliphatic carbocycles. The van der Waals surface area contributed by atoms with Gasteiger partial charge in [0.15, 0.2) is 0 Å².